The SMILES string of the molecule is CN(Cc1cccc(F)c1)c1cc(Cl)ccc1CBr. The zero-order chi connectivity index (χ0) is 13.8. The number of alkyl halides is 1. The molecule has 0 aliphatic rings. The number of hydrogen-bond donors (Lipinski definition) is 0. The van der Waals surface area contributed by atoms with Crippen LogP contribution in [0.1, 0.15) is 11.1 Å². The Morgan fingerprint density at radius 3 is 2.68 bits per heavy atom. The predicted octanol–water partition coefficient (Wildman–Crippen LogP) is 5.01. The summed E-state index contributed by atoms with van der Waals surface area (Å²) in [5.74, 6) is -0.210. The van der Waals surface area contributed by atoms with E-state index in [-0.39, 0.29) is 5.82 Å². The number of hydrogen-bond acceptors (Lipinski definition) is 1. The second kappa shape index (κ2) is 6.40. The van der Waals surface area contributed by atoms with Crippen molar-refractivity contribution in [3.8, 4) is 0 Å². The first kappa shape index (κ1) is 14.4. The van der Waals surface area contributed by atoms with Crippen LogP contribution < -0.4 is 4.90 Å². The van der Waals surface area contributed by atoms with E-state index in [0.29, 0.717) is 11.6 Å². The van der Waals surface area contributed by atoms with E-state index in [2.05, 4.69) is 20.8 Å². The molecule has 2 rings (SSSR count). The fourth-order valence-electron chi connectivity index (χ4n) is 2.00. The maximum Gasteiger partial charge on any atom is 0.123 e. The maximum atomic E-state index is 13.2. The molecule has 2 aromatic rings. The minimum Gasteiger partial charge on any atom is -0.370 e. The van der Waals surface area contributed by atoms with E-state index in [4.69, 9.17) is 11.6 Å². The molecule has 0 bridgehead atoms. The molecule has 0 aromatic heterocycles. The summed E-state index contributed by atoms with van der Waals surface area (Å²) in [6.45, 7) is 0.637. The number of halogens is 3. The Kier molecular flexibility index (Phi) is 4.83. The number of anilines is 1. The monoisotopic (exact) mass is 341 g/mol. The summed E-state index contributed by atoms with van der Waals surface area (Å²) in [5, 5.41) is 1.46. The van der Waals surface area contributed by atoms with E-state index in [1.54, 1.807) is 12.1 Å². The van der Waals surface area contributed by atoms with Crippen molar-refractivity contribution >= 4 is 33.2 Å². The lowest BCUT2D eigenvalue weighted by atomic mass is 10.1. The Morgan fingerprint density at radius 1 is 1.21 bits per heavy atom. The minimum absolute atomic E-state index is 0.210. The molecule has 0 unspecified atom stereocenters. The molecule has 0 N–H and O–H groups in total. The molecule has 0 aliphatic carbocycles. The number of rotatable bonds is 4. The Morgan fingerprint density at radius 2 is 2.00 bits per heavy atom. The van der Waals surface area contributed by atoms with E-state index in [1.807, 2.05) is 31.3 Å². The standard InChI is InChI=1S/C15H14BrClFN/c1-19(10-11-3-2-4-14(18)7-11)15-8-13(17)6-5-12(15)9-16/h2-8H,9-10H2,1H3. The van der Waals surface area contributed by atoms with Crippen molar-refractivity contribution in [2.45, 2.75) is 11.9 Å². The van der Waals surface area contributed by atoms with Gasteiger partial charge in [0.15, 0.2) is 0 Å². The summed E-state index contributed by atoms with van der Waals surface area (Å²) in [5.41, 5.74) is 3.14. The first-order chi connectivity index (χ1) is 9.10. The summed E-state index contributed by atoms with van der Waals surface area (Å²) in [6, 6.07) is 12.4. The van der Waals surface area contributed by atoms with Crippen LogP contribution >= 0.6 is 27.5 Å². The highest BCUT2D eigenvalue weighted by Crippen LogP contribution is 2.27. The number of benzene rings is 2. The molecule has 19 heavy (non-hydrogen) atoms. The van der Waals surface area contributed by atoms with Crippen molar-refractivity contribution < 1.29 is 4.39 Å². The fraction of sp³-hybridized carbons (Fsp3) is 0.200. The van der Waals surface area contributed by atoms with Gasteiger partial charge in [-0.3, -0.25) is 0 Å². The molecule has 0 spiro atoms. The summed E-state index contributed by atoms with van der Waals surface area (Å²) in [7, 11) is 1.97. The maximum absolute atomic E-state index is 13.2. The topological polar surface area (TPSA) is 3.24 Å². The van der Waals surface area contributed by atoms with E-state index < -0.39 is 0 Å². The van der Waals surface area contributed by atoms with E-state index in [1.165, 1.54) is 6.07 Å². The molecule has 0 radical (unpaired) electrons. The highest BCUT2D eigenvalue weighted by atomic mass is 79.9. The van der Waals surface area contributed by atoms with E-state index in [9.17, 15) is 4.39 Å². The average Bonchev–Trinajstić information content (AvgIpc) is 2.38. The van der Waals surface area contributed by atoms with Crippen LogP contribution in [0.4, 0.5) is 10.1 Å². The summed E-state index contributed by atoms with van der Waals surface area (Å²) < 4.78 is 13.2. The minimum atomic E-state index is -0.210. The van der Waals surface area contributed by atoms with Crippen LogP contribution in [0, 0.1) is 5.82 Å². The molecule has 0 atom stereocenters. The van der Waals surface area contributed by atoms with Crippen LogP contribution in [0.3, 0.4) is 0 Å². The van der Waals surface area contributed by atoms with Gasteiger partial charge in [-0.1, -0.05) is 45.7 Å². The third-order valence-electron chi connectivity index (χ3n) is 2.91. The van der Waals surface area contributed by atoms with Crippen molar-refractivity contribution in [2.24, 2.45) is 0 Å². The first-order valence-corrected chi connectivity index (χ1v) is 7.40. The van der Waals surface area contributed by atoms with Gasteiger partial charge in [-0.2, -0.15) is 0 Å². The fourth-order valence-corrected chi connectivity index (χ4v) is 2.64. The largest absolute Gasteiger partial charge is 0.370 e. The summed E-state index contributed by atoms with van der Waals surface area (Å²) in [6.07, 6.45) is 0. The van der Waals surface area contributed by atoms with Gasteiger partial charge < -0.3 is 4.90 Å². The second-order valence-electron chi connectivity index (χ2n) is 4.39. The Balaban J connectivity index is 2.24. The zero-order valence-electron chi connectivity index (χ0n) is 10.5. The van der Waals surface area contributed by atoms with Gasteiger partial charge in [-0.05, 0) is 35.4 Å². The van der Waals surface area contributed by atoms with Gasteiger partial charge >= 0.3 is 0 Å². The molecule has 0 aliphatic heterocycles. The molecular weight excluding hydrogens is 329 g/mol. The van der Waals surface area contributed by atoms with Crippen LogP contribution in [-0.4, -0.2) is 7.05 Å². The Labute approximate surface area is 126 Å². The molecule has 1 nitrogen and oxygen atoms in total. The van der Waals surface area contributed by atoms with Crippen molar-refractivity contribution in [3.05, 3.63) is 64.4 Å². The first-order valence-electron chi connectivity index (χ1n) is 5.90. The van der Waals surface area contributed by atoms with Crippen molar-refractivity contribution in [3.63, 3.8) is 0 Å². The highest BCUT2D eigenvalue weighted by Gasteiger charge is 2.08. The van der Waals surface area contributed by atoms with Gasteiger partial charge in [-0.25, -0.2) is 4.39 Å². The third kappa shape index (κ3) is 3.71. The Hall–Kier alpha value is -1.06. The predicted molar refractivity (Wildman–Crippen MR) is 82.6 cm³/mol. The van der Waals surface area contributed by atoms with Crippen LogP contribution in [0.25, 0.3) is 0 Å². The highest BCUT2D eigenvalue weighted by molar-refractivity contribution is 9.08. The van der Waals surface area contributed by atoms with Crippen LogP contribution in [-0.2, 0) is 11.9 Å². The van der Waals surface area contributed by atoms with Gasteiger partial charge in [0, 0.05) is 29.6 Å². The van der Waals surface area contributed by atoms with Crippen LogP contribution in [0.2, 0.25) is 5.02 Å². The molecule has 0 amide bonds. The smallest absolute Gasteiger partial charge is 0.123 e. The van der Waals surface area contributed by atoms with Gasteiger partial charge in [0.05, 0.1) is 0 Å². The zero-order valence-corrected chi connectivity index (χ0v) is 12.9. The molecule has 0 heterocycles. The molecule has 0 fully saturated rings. The lowest BCUT2D eigenvalue weighted by molar-refractivity contribution is 0.625. The average molecular weight is 343 g/mol. The number of nitrogens with zero attached hydrogens (tertiary/aromatic N) is 1. The lowest BCUT2D eigenvalue weighted by Gasteiger charge is -2.22. The van der Waals surface area contributed by atoms with Gasteiger partial charge in [-0.15, -0.1) is 0 Å². The van der Waals surface area contributed by atoms with Crippen molar-refractivity contribution in [1.82, 2.24) is 0 Å². The lowest BCUT2D eigenvalue weighted by Crippen LogP contribution is -2.17. The van der Waals surface area contributed by atoms with E-state index in [0.717, 1.165) is 22.1 Å². The van der Waals surface area contributed by atoms with Gasteiger partial charge in [0.2, 0.25) is 0 Å². The molecule has 2 aromatic carbocycles. The van der Waals surface area contributed by atoms with Crippen molar-refractivity contribution in [2.75, 3.05) is 11.9 Å². The Bertz CT molecular complexity index is 574. The molecular formula is C15H14BrClFN. The van der Waals surface area contributed by atoms with Crippen LogP contribution in [0.15, 0.2) is 42.5 Å². The molecule has 4 heteroatoms. The normalized spacial score (nSPS) is 10.5. The van der Waals surface area contributed by atoms with Gasteiger partial charge in [0.25, 0.3) is 0 Å². The summed E-state index contributed by atoms with van der Waals surface area (Å²) >= 11 is 9.51. The molecule has 0 saturated heterocycles. The quantitative estimate of drug-likeness (QED) is 0.706. The van der Waals surface area contributed by atoms with Gasteiger partial charge in [0.1, 0.15) is 5.82 Å². The van der Waals surface area contributed by atoms with Crippen LogP contribution in [0.5, 0.6) is 0 Å². The van der Waals surface area contributed by atoms with E-state index >= 15 is 0 Å². The second-order valence-corrected chi connectivity index (χ2v) is 5.39. The molecule has 0 saturated carbocycles. The van der Waals surface area contributed by atoms with Crippen molar-refractivity contribution in [1.29, 1.82) is 0 Å². The molecule has 100 valence electrons. The summed E-state index contributed by atoms with van der Waals surface area (Å²) in [4.78, 5) is 2.07. The third-order valence-corrected chi connectivity index (χ3v) is 3.75.